The van der Waals surface area contributed by atoms with E-state index in [9.17, 15) is 4.79 Å². The highest BCUT2D eigenvalue weighted by molar-refractivity contribution is 7.19. The van der Waals surface area contributed by atoms with Crippen LogP contribution in [-0.4, -0.2) is 34.9 Å². The molecular weight excluding hydrogens is 306 g/mol. The van der Waals surface area contributed by atoms with Crippen LogP contribution in [0.15, 0.2) is 6.33 Å². The first-order valence-corrected chi connectivity index (χ1v) is 8.36. The second-order valence-electron chi connectivity index (χ2n) is 5.78. The average molecular weight is 324 g/mol. The smallest absolute Gasteiger partial charge is 0.222 e. The summed E-state index contributed by atoms with van der Waals surface area (Å²) in [7, 11) is 3.63. The second-order valence-corrected chi connectivity index (χ2v) is 7.23. The molecule has 21 heavy (non-hydrogen) atoms. The number of aromatic nitrogens is 2. The van der Waals surface area contributed by atoms with Crippen LogP contribution in [0.4, 0.5) is 0 Å². The van der Waals surface area contributed by atoms with Crippen LogP contribution in [0.1, 0.15) is 29.7 Å². The summed E-state index contributed by atoms with van der Waals surface area (Å²) in [4.78, 5) is 24.2. The topological polar surface area (TPSA) is 46.1 Å². The monoisotopic (exact) mass is 323 g/mol. The first-order valence-electron chi connectivity index (χ1n) is 7.17. The fourth-order valence-corrected chi connectivity index (χ4v) is 4.54. The number of carbonyl (C=O) groups excluding carboxylic acids is 1. The third-order valence-corrected chi connectivity index (χ3v) is 5.62. The summed E-state index contributed by atoms with van der Waals surface area (Å²) < 4.78 is 0. The molecule has 0 spiro atoms. The van der Waals surface area contributed by atoms with Gasteiger partial charge in [0.15, 0.2) is 0 Å². The number of carbonyl (C=O) groups is 1. The first-order chi connectivity index (χ1) is 10.1. The maximum Gasteiger partial charge on any atom is 0.222 e. The molecule has 0 aromatic carbocycles. The Labute approximate surface area is 133 Å². The molecule has 1 aliphatic carbocycles. The zero-order valence-electron chi connectivity index (χ0n) is 12.2. The summed E-state index contributed by atoms with van der Waals surface area (Å²) >= 11 is 7.94. The minimum Gasteiger partial charge on any atom is -0.349 e. The lowest BCUT2D eigenvalue weighted by atomic mass is 9.85. The number of amides is 1. The predicted octanol–water partition coefficient (Wildman–Crippen LogP) is 3.32. The Hall–Kier alpha value is -1.20. The van der Waals surface area contributed by atoms with Crippen molar-refractivity contribution in [3.05, 3.63) is 21.9 Å². The Morgan fingerprint density at radius 3 is 3.05 bits per heavy atom. The summed E-state index contributed by atoms with van der Waals surface area (Å²) in [6.07, 6.45) is 6.30. The first kappa shape index (κ1) is 14.7. The van der Waals surface area contributed by atoms with Crippen LogP contribution in [0.25, 0.3) is 10.2 Å². The fraction of sp³-hybridized carbons (Fsp3) is 0.533. The molecule has 2 aromatic heterocycles. The number of rotatable bonds is 3. The Bertz CT molecular complexity index is 683. The van der Waals surface area contributed by atoms with Crippen LogP contribution in [0.3, 0.4) is 0 Å². The number of thiophene rings is 1. The van der Waals surface area contributed by atoms with E-state index in [1.807, 2.05) is 14.1 Å². The van der Waals surface area contributed by atoms with Crippen LogP contribution in [0, 0.1) is 5.92 Å². The number of aryl methyl sites for hydroxylation is 1. The van der Waals surface area contributed by atoms with Gasteiger partial charge >= 0.3 is 0 Å². The van der Waals surface area contributed by atoms with Gasteiger partial charge in [0.1, 0.15) is 16.3 Å². The van der Waals surface area contributed by atoms with Crippen molar-refractivity contribution < 1.29 is 4.79 Å². The van der Waals surface area contributed by atoms with Crippen LogP contribution < -0.4 is 0 Å². The molecule has 2 heterocycles. The summed E-state index contributed by atoms with van der Waals surface area (Å²) in [5.41, 5.74) is 1.33. The molecule has 3 rings (SSSR count). The predicted molar refractivity (Wildman–Crippen MR) is 85.9 cm³/mol. The van der Waals surface area contributed by atoms with Crippen molar-refractivity contribution >= 4 is 39.1 Å². The summed E-state index contributed by atoms with van der Waals surface area (Å²) in [6.45, 7) is 0. The molecule has 1 aliphatic rings. The molecule has 2 aromatic rings. The van der Waals surface area contributed by atoms with E-state index in [4.69, 9.17) is 11.6 Å². The SMILES string of the molecule is CN(C)C(=O)CCC1CCc2c(sc3ncnc(Cl)c23)C1. The van der Waals surface area contributed by atoms with Crippen molar-refractivity contribution in [1.29, 1.82) is 0 Å². The summed E-state index contributed by atoms with van der Waals surface area (Å²) in [5.74, 6) is 0.798. The Morgan fingerprint density at radius 1 is 1.48 bits per heavy atom. The summed E-state index contributed by atoms with van der Waals surface area (Å²) in [5, 5.41) is 1.61. The number of hydrogen-bond acceptors (Lipinski definition) is 4. The van der Waals surface area contributed by atoms with Gasteiger partial charge in [-0.25, -0.2) is 9.97 Å². The van der Waals surface area contributed by atoms with Gasteiger partial charge in [0.25, 0.3) is 0 Å². The highest BCUT2D eigenvalue weighted by Gasteiger charge is 2.25. The molecule has 1 atom stereocenters. The zero-order chi connectivity index (χ0) is 15.0. The quantitative estimate of drug-likeness (QED) is 0.814. The van der Waals surface area contributed by atoms with E-state index >= 15 is 0 Å². The lowest BCUT2D eigenvalue weighted by molar-refractivity contribution is -0.129. The Kier molecular flexibility index (Phi) is 4.13. The van der Waals surface area contributed by atoms with Crippen LogP contribution >= 0.6 is 22.9 Å². The van der Waals surface area contributed by atoms with E-state index in [-0.39, 0.29) is 5.91 Å². The van der Waals surface area contributed by atoms with Crippen molar-refractivity contribution in [3.8, 4) is 0 Å². The van der Waals surface area contributed by atoms with Gasteiger partial charge in [-0.3, -0.25) is 4.79 Å². The van der Waals surface area contributed by atoms with Crippen molar-refractivity contribution in [2.24, 2.45) is 5.92 Å². The molecule has 0 N–H and O–H groups in total. The van der Waals surface area contributed by atoms with E-state index in [2.05, 4.69) is 9.97 Å². The Balaban J connectivity index is 1.76. The lowest BCUT2D eigenvalue weighted by Gasteiger charge is -2.22. The van der Waals surface area contributed by atoms with Crippen molar-refractivity contribution in [3.63, 3.8) is 0 Å². The average Bonchev–Trinajstić information content (AvgIpc) is 2.83. The molecule has 4 nitrogen and oxygen atoms in total. The minimum atomic E-state index is 0.214. The van der Waals surface area contributed by atoms with Gasteiger partial charge in [-0.05, 0) is 37.2 Å². The maximum absolute atomic E-state index is 11.7. The zero-order valence-corrected chi connectivity index (χ0v) is 13.8. The summed E-state index contributed by atoms with van der Waals surface area (Å²) in [6, 6.07) is 0. The van der Waals surface area contributed by atoms with Crippen molar-refractivity contribution in [1.82, 2.24) is 14.9 Å². The van der Waals surface area contributed by atoms with E-state index in [1.165, 1.54) is 16.8 Å². The molecule has 0 saturated carbocycles. The lowest BCUT2D eigenvalue weighted by Crippen LogP contribution is -2.23. The van der Waals surface area contributed by atoms with Crippen LogP contribution in [0.2, 0.25) is 5.15 Å². The number of hydrogen-bond donors (Lipinski definition) is 0. The molecule has 6 heteroatoms. The van der Waals surface area contributed by atoms with Gasteiger partial charge in [0, 0.05) is 25.4 Å². The van der Waals surface area contributed by atoms with Gasteiger partial charge in [0.2, 0.25) is 5.91 Å². The third kappa shape index (κ3) is 2.90. The van der Waals surface area contributed by atoms with Gasteiger partial charge in [-0.1, -0.05) is 11.6 Å². The molecule has 0 aliphatic heterocycles. The highest BCUT2D eigenvalue weighted by atomic mass is 35.5. The van der Waals surface area contributed by atoms with E-state index in [1.54, 1.807) is 16.2 Å². The van der Waals surface area contributed by atoms with Gasteiger partial charge in [-0.2, -0.15) is 0 Å². The van der Waals surface area contributed by atoms with Crippen molar-refractivity contribution in [2.45, 2.75) is 32.1 Å². The van der Waals surface area contributed by atoms with Crippen LogP contribution in [-0.2, 0) is 17.6 Å². The molecule has 1 unspecified atom stereocenters. The standard InChI is InChI=1S/C15H18ClN3OS/c1-19(2)12(20)6-4-9-3-5-10-11(7-9)21-15-13(10)14(16)17-8-18-15/h8-9H,3-7H2,1-2H3. The molecule has 0 radical (unpaired) electrons. The number of nitrogens with zero attached hydrogens (tertiary/aromatic N) is 3. The highest BCUT2D eigenvalue weighted by Crippen LogP contribution is 2.40. The third-order valence-electron chi connectivity index (χ3n) is 4.17. The molecular formula is C15H18ClN3OS. The van der Waals surface area contributed by atoms with E-state index in [0.29, 0.717) is 17.5 Å². The largest absolute Gasteiger partial charge is 0.349 e. The molecule has 1 amide bonds. The fourth-order valence-electron chi connectivity index (χ4n) is 2.94. The van der Waals surface area contributed by atoms with E-state index in [0.717, 1.165) is 35.9 Å². The Morgan fingerprint density at radius 2 is 2.29 bits per heavy atom. The number of halogens is 1. The van der Waals surface area contributed by atoms with Crippen molar-refractivity contribution in [2.75, 3.05) is 14.1 Å². The van der Waals surface area contributed by atoms with Gasteiger partial charge < -0.3 is 4.90 Å². The molecule has 0 bridgehead atoms. The normalized spacial score (nSPS) is 17.8. The maximum atomic E-state index is 11.7. The number of fused-ring (bicyclic) bond motifs is 3. The minimum absolute atomic E-state index is 0.214. The molecule has 0 saturated heterocycles. The molecule has 112 valence electrons. The van der Waals surface area contributed by atoms with Gasteiger partial charge in [-0.15, -0.1) is 11.3 Å². The van der Waals surface area contributed by atoms with Gasteiger partial charge in [0.05, 0.1) is 5.39 Å². The second kappa shape index (κ2) is 5.89. The van der Waals surface area contributed by atoms with Crippen LogP contribution in [0.5, 0.6) is 0 Å². The molecule has 0 fully saturated rings. The van der Waals surface area contributed by atoms with E-state index < -0.39 is 0 Å².